The summed E-state index contributed by atoms with van der Waals surface area (Å²) in [4.78, 5) is 21.9. The number of rotatable bonds is 1. The molecule has 1 aromatic carbocycles. The van der Waals surface area contributed by atoms with Crippen molar-refractivity contribution in [3.63, 3.8) is 0 Å². The molecule has 0 aliphatic heterocycles. The number of carbonyl (C=O) groups is 1. The fourth-order valence-corrected chi connectivity index (χ4v) is 1.66. The molecule has 1 aromatic heterocycles. The minimum atomic E-state index is -0.581. The highest BCUT2D eigenvalue weighted by Crippen LogP contribution is 2.19. The molecule has 0 aliphatic rings. The Morgan fingerprint density at radius 2 is 1.93 bits per heavy atom. The van der Waals surface area contributed by atoms with E-state index in [9.17, 15) is 9.59 Å². The van der Waals surface area contributed by atoms with Crippen molar-refractivity contribution in [3.05, 3.63) is 45.3 Å². The van der Waals surface area contributed by atoms with Gasteiger partial charge in [0.05, 0.1) is 0 Å². The van der Waals surface area contributed by atoms with Crippen molar-refractivity contribution >= 4 is 17.3 Å². The van der Waals surface area contributed by atoms with Crippen molar-refractivity contribution in [2.24, 2.45) is 0 Å². The number of hydrogen-bond donors (Lipinski definition) is 0. The molecule has 76 valence electrons. The maximum Gasteiger partial charge on any atom is 0.346 e. The van der Waals surface area contributed by atoms with E-state index in [-0.39, 0.29) is 5.56 Å². The Morgan fingerprint density at radius 3 is 2.60 bits per heavy atom. The van der Waals surface area contributed by atoms with Crippen LogP contribution >= 0.6 is 0 Å². The average molecular weight is 202 g/mol. The highest BCUT2D eigenvalue weighted by Gasteiger charge is 2.06. The van der Waals surface area contributed by atoms with Crippen molar-refractivity contribution in [2.45, 2.75) is 13.8 Å². The van der Waals surface area contributed by atoms with Crippen LogP contribution in [0.25, 0.3) is 11.0 Å². The summed E-state index contributed by atoms with van der Waals surface area (Å²) in [6.45, 7) is 3.85. The van der Waals surface area contributed by atoms with Gasteiger partial charge in [-0.1, -0.05) is 6.07 Å². The molecule has 0 bridgehead atoms. The first-order valence-electron chi connectivity index (χ1n) is 4.62. The number of hydrogen-bond acceptors (Lipinski definition) is 3. The number of fused-ring (bicyclic) bond motifs is 1. The van der Waals surface area contributed by atoms with Gasteiger partial charge in [-0.25, -0.2) is 4.79 Å². The third-order valence-electron chi connectivity index (χ3n) is 2.36. The molecule has 2 aromatic rings. The molecular weight excluding hydrogens is 192 g/mol. The second-order valence-corrected chi connectivity index (χ2v) is 3.60. The van der Waals surface area contributed by atoms with Gasteiger partial charge in [0.1, 0.15) is 11.1 Å². The van der Waals surface area contributed by atoms with Crippen LogP contribution in [0.3, 0.4) is 0 Å². The van der Waals surface area contributed by atoms with Crippen LogP contribution < -0.4 is 5.63 Å². The Kier molecular flexibility index (Phi) is 2.15. The van der Waals surface area contributed by atoms with Gasteiger partial charge in [-0.2, -0.15) is 0 Å². The van der Waals surface area contributed by atoms with E-state index < -0.39 is 5.63 Å². The predicted octanol–water partition coefficient (Wildman–Crippen LogP) is 2.22. The maximum atomic E-state index is 11.3. The number of aldehydes is 1. The van der Waals surface area contributed by atoms with Gasteiger partial charge in [0.2, 0.25) is 0 Å². The van der Waals surface area contributed by atoms with Gasteiger partial charge in [-0.05, 0) is 37.1 Å². The van der Waals surface area contributed by atoms with Gasteiger partial charge in [-0.3, -0.25) is 4.79 Å². The summed E-state index contributed by atoms with van der Waals surface area (Å²) in [7, 11) is 0. The normalized spacial score (nSPS) is 10.5. The van der Waals surface area contributed by atoms with Crippen molar-refractivity contribution in [1.82, 2.24) is 0 Å². The van der Waals surface area contributed by atoms with Gasteiger partial charge in [0, 0.05) is 5.39 Å². The Labute approximate surface area is 86.3 Å². The molecule has 1 heterocycles. The van der Waals surface area contributed by atoms with Crippen LogP contribution in [0.4, 0.5) is 0 Å². The number of carbonyl (C=O) groups excluding carboxylic acids is 1. The van der Waals surface area contributed by atoms with E-state index >= 15 is 0 Å². The number of aryl methyl sites for hydroxylation is 2. The molecule has 0 aliphatic carbocycles. The van der Waals surface area contributed by atoms with Crippen molar-refractivity contribution in [1.29, 1.82) is 0 Å². The Bertz CT molecular complexity index is 594. The van der Waals surface area contributed by atoms with Crippen molar-refractivity contribution in [2.75, 3.05) is 0 Å². The summed E-state index contributed by atoms with van der Waals surface area (Å²) in [5, 5.41) is 0.808. The quantitative estimate of drug-likeness (QED) is 0.526. The van der Waals surface area contributed by atoms with Gasteiger partial charge in [0.25, 0.3) is 0 Å². The van der Waals surface area contributed by atoms with E-state index in [2.05, 4.69) is 0 Å². The lowest BCUT2D eigenvalue weighted by Gasteiger charge is -2.02. The fourth-order valence-electron chi connectivity index (χ4n) is 1.66. The van der Waals surface area contributed by atoms with E-state index in [0.29, 0.717) is 11.9 Å². The smallest absolute Gasteiger partial charge is 0.346 e. The molecule has 0 saturated carbocycles. The summed E-state index contributed by atoms with van der Waals surface area (Å²) in [5.41, 5.74) is 2.04. The molecule has 0 amide bonds. The molecule has 15 heavy (non-hydrogen) atoms. The third-order valence-corrected chi connectivity index (χ3v) is 2.36. The van der Waals surface area contributed by atoms with E-state index in [1.54, 1.807) is 12.1 Å². The standard InChI is InChI=1S/C12H10O3/c1-7-3-8(2)10-5-9(6-13)12(14)15-11(10)4-7/h3-6H,1-2H3. The second-order valence-electron chi connectivity index (χ2n) is 3.60. The lowest BCUT2D eigenvalue weighted by atomic mass is 10.1. The minimum absolute atomic E-state index is 0.0643. The lowest BCUT2D eigenvalue weighted by Crippen LogP contribution is -2.05. The zero-order valence-corrected chi connectivity index (χ0v) is 8.53. The molecule has 0 radical (unpaired) electrons. The van der Waals surface area contributed by atoms with Gasteiger partial charge in [-0.15, -0.1) is 0 Å². The summed E-state index contributed by atoms with van der Waals surface area (Å²) in [6, 6.07) is 5.35. The zero-order valence-electron chi connectivity index (χ0n) is 8.53. The first kappa shape index (κ1) is 9.65. The van der Waals surface area contributed by atoms with Gasteiger partial charge < -0.3 is 4.42 Å². The molecule has 3 nitrogen and oxygen atoms in total. The highest BCUT2D eigenvalue weighted by atomic mass is 16.4. The lowest BCUT2D eigenvalue weighted by molar-refractivity contribution is 0.112. The topological polar surface area (TPSA) is 47.3 Å². The number of benzene rings is 1. The monoisotopic (exact) mass is 202 g/mol. The van der Waals surface area contributed by atoms with Crippen molar-refractivity contribution < 1.29 is 9.21 Å². The third kappa shape index (κ3) is 1.56. The van der Waals surface area contributed by atoms with E-state index in [4.69, 9.17) is 4.42 Å². The summed E-state index contributed by atoms with van der Waals surface area (Å²) in [6.07, 6.45) is 0.518. The largest absolute Gasteiger partial charge is 0.422 e. The van der Waals surface area contributed by atoms with E-state index in [0.717, 1.165) is 16.5 Å². The predicted molar refractivity (Wildman–Crippen MR) is 57.3 cm³/mol. The molecule has 0 fully saturated rings. The summed E-state index contributed by atoms with van der Waals surface area (Å²) < 4.78 is 5.06. The van der Waals surface area contributed by atoms with Crippen LogP contribution in [0.5, 0.6) is 0 Å². The second kappa shape index (κ2) is 3.35. The van der Waals surface area contributed by atoms with E-state index in [1.165, 1.54) is 0 Å². The van der Waals surface area contributed by atoms with E-state index in [1.807, 2.05) is 19.9 Å². The molecule has 3 heteroatoms. The molecule has 2 rings (SSSR count). The first-order chi connectivity index (χ1) is 7.11. The van der Waals surface area contributed by atoms with Crippen LogP contribution in [0.1, 0.15) is 21.5 Å². The maximum absolute atomic E-state index is 11.3. The van der Waals surface area contributed by atoms with Crippen LogP contribution in [-0.2, 0) is 0 Å². The van der Waals surface area contributed by atoms with Gasteiger partial charge >= 0.3 is 5.63 Å². The molecule has 0 saturated heterocycles. The van der Waals surface area contributed by atoms with Crippen molar-refractivity contribution in [3.8, 4) is 0 Å². The SMILES string of the molecule is Cc1cc(C)c2cc(C=O)c(=O)oc2c1. The molecule has 0 N–H and O–H groups in total. The molecule has 0 spiro atoms. The summed E-state index contributed by atoms with van der Waals surface area (Å²) in [5.74, 6) is 0. The zero-order chi connectivity index (χ0) is 11.0. The van der Waals surface area contributed by atoms with Gasteiger partial charge in [0.15, 0.2) is 6.29 Å². The minimum Gasteiger partial charge on any atom is -0.422 e. The highest BCUT2D eigenvalue weighted by molar-refractivity contribution is 5.86. The summed E-state index contributed by atoms with van der Waals surface area (Å²) >= 11 is 0. The molecule has 0 atom stereocenters. The molecule has 0 unspecified atom stereocenters. The van der Waals surface area contributed by atoms with Crippen LogP contribution in [0, 0.1) is 13.8 Å². The van der Waals surface area contributed by atoms with Crippen LogP contribution in [0.2, 0.25) is 0 Å². The first-order valence-corrected chi connectivity index (χ1v) is 4.62. The Morgan fingerprint density at radius 1 is 1.20 bits per heavy atom. The fraction of sp³-hybridized carbons (Fsp3) is 0.167. The molecular formula is C12H10O3. The Balaban J connectivity index is 2.93. The average Bonchev–Trinajstić information content (AvgIpc) is 2.16. The van der Waals surface area contributed by atoms with Crippen LogP contribution in [-0.4, -0.2) is 6.29 Å². The van der Waals surface area contributed by atoms with Crippen LogP contribution in [0.15, 0.2) is 27.4 Å². The Hall–Kier alpha value is -1.90.